The van der Waals surface area contributed by atoms with Crippen molar-refractivity contribution in [3.63, 3.8) is 0 Å². The van der Waals surface area contributed by atoms with E-state index in [0.29, 0.717) is 22.5 Å². The number of hydrogen-bond donors (Lipinski definition) is 3. The van der Waals surface area contributed by atoms with Crippen LogP contribution in [0.5, 0.6) is 0 Å². The molecule has 0 unspecified atom stereocenters. The highest BCUT2D eigenvalue weighted by Gasteiger charge is 2.25. The van der Waals surface area contributed by atoms with Crippen molar-refractivity contribution in [2.45, 2.75) is 6.54 Å². The first-order chi connectivity index (χ1) is 16.5. The summed E-state index contributed by atoms with van der Waals surface area (Å²) in [6.07, 6.45) is 0. The van der Waals surface area contributed by atoms with Crippen molar-refractivity contribution in [1.82, 2.24) is 36.2 Å². The Morgan fingerprint density at radius 2 is 1.91 bits per heavy atom. The molecule has 12 heteroatoms. The third kappa shape index (κ3) is 4.53. The van der Waals surface area contributed by atoms with Crippen LogP contribution >= 0.6 is 0 Å². The maximum atomic E-state index is 13.0. The fourth-order valence-electron chi connectivity index (χ4n) is 3.14. The molecule has 4 rings (SSSR count). The average molecular weight is 456 g/mol. The van der Waals surface area contributed by atoms with E-state index in [1.165, 1.54) is 4.68 Å². The average Bonchev–Trinajstić information content (AvgIpc) is 3.48. The number of nitrogens with two attached hydrogens (primary N) is 1. The van der Waals surface area contributed by atoms with Gasteiger partial charge in [0.15, 0.2) is 5.69 Å². The summed E-state index contributed by atoms with van der Waals surface area (Å²) in [6, 6.07) is 18.4. The van der Waals surface area contributed by atoms with Crippen LogP contribution in [0.2, 0.25) is 0 Å². The molecule has 0 fully saturated rings. The summed E-state index contributed by atoms with van der Waals surface area (Å²) < 4.78 is 6.00. The number of nitrogens with zero attached hydrogens (tertiary/aromatic N) is 7. The summed E-state index contributed by atoms with van der Waals surface area (Å²) in [5.74, 6) is -0.418. The third-order valence-electron chi connectivity index (χ3n) is 4.95. The largest absolute Gasteiger partial charge is 0.378 e. The monoisotopic (exact) mass is 456 g/mol. The van der Waals surface area contributed by atoms with E-state index in [9.17, 15) is 4.79 Å². The number of aromatic nitrogens is 5. The van der Waals surface area contributed by atoms with E-state index in [0.717, 1.165) is 5.69 Å². The van der Waals surface area contributed by atoms with Crippen LogP contribution in [-0.4, -0.2) is 38.3 Å². The van der Waals surface area contributed by atoms with Gasteiger partial charge in [0.25, 0.3) is 5.91 Å². The summed E-state index contributed by atoms with van der Waals surface area (Å²) in [5, 5.41) is 24.4. The molecular weight excluding hydrogens is 436 g/mol. The Hall–Kier alpha value is -5.18. The van der Waals surface area contributed by atoms with Gasteiger partial charge < -0.3 is 10.6 Å². The molecule has 0 bridgehead atoms. The minimum Gasteiger partial charge on any atom is -0.378 e. The maximum absolute atomic E-state index is 13.0. The summed E-state index contributed by atoms with van der Waals surface area (Å²) in [5.41, 5.74) is 14.2. The van der Waals surface area contributed by atoms with Crippen molar-refractivity contribution in [2.75, 3.05) is 17.7 Å². The molecule has 0 atom stereocenters. The highest BCUT2D eigenvalue weighted by atomic mass is 16.6. The molecule has 0 saturated heterocycles. The van der Waals surface area contributed by atoms with Gasteiger partial charge in [0.2, 0.25) is 11.6 Å². The van der Waals surface area contributed by atoms with Gasteiger partial charge in [-0.15, -0.1) is 5.10 Å². The Morgan fingerprint density at radius 1 is 1.18 bits per heavy atom. The molecule has 0 radical (unpaired) electrons. The molecule has 1 amide bonds. The maximum Gasteiger partial charge on any atom is 0.292 e. The van der Waals surface area contributed by atoms with E-state index in [4.69, 9.17) is 11.0 Å². The second-order valence-electron chi connectivity index (χ2n) is 7.21. The molecule has 12 nitrogen and oxygen atoms in total. The lowest BCUT2D eigenvalue weighted by Gasteiger charge is -2.20. The molecule has 0 aliphatic heterocycles. The predicted molar refractivity (Wildman–Crippen MR) is 123 cm³/mol. The third-order valence-corrected chi connectivity index (χ3v) is 4.95. The van der Waals surface area contributed by atoms with E-state index >= 15 is 0 Å². The Kier molecular flexibility index (Phi) is 6.18. The lowest BCUT2D eigenvalue weighted by Crippen LogP contribution is -2.37. The number of nitriles is 1. The summed E-state index contributed by atoms with van der Waals surface area (Å²) in [7, 11) is 1.86. The van der Waals surface area contributed by atoms with Crippen molar-refractivity contribution in [3.8, 4) is 11.9 Å². The summed E-state index contributed by atoms with van der Waals surface area (Å²) >= 11 is 0. The van der Waals surface area contributed by atoms with Crippen LogP contribution in [0.4, 0.5) is 11.5 Å². The molecular formula is C22H20N10O2. The van der Waals surface area contributed by atoms with Crippen LogP contribution in [0.15, 0.2) is 65.8 Å². The molecule has 0 spiro atoms. The van der Waals surface area contributed by atoms with Crippen molar-refractivity contribution >= 4 is 23.1 Å². The number of benzene rings is 2. The molecule has 34 heavy (non-hydrogen) atoms. The summed E-state index contributed by atoms with van der Waals surface area (Å²) in [6.45, 7) is 4.16. The van der Waals surface area contributed by atoms with Crippen LogP contribution in [0.1, 0.15) is 27.3 Å². The van der Waals surface area contributed by atoms with Gasteiger partial charge in [0.05, 0.1) is 29.6 Å². The molecule has 2 aromatic heterocycles. The van der Waals surface area contributed by atoms with Gasteiger partial charge in [-0.3, -0.25) is 15.6 Å². The van der Waals surface area contributed by atoms with Gasteiger partial charge in [0.1, 0.15) is 0 Å². The number of para-hydroxylation sites is 1. The number of nitrogen functional groups attached to an aromatic ring is 1. The number of hydrogen-bond acceptors (Lipinski definition) is 10. The predicted octanol–water partition coefficient (Wildman–Crippen LogP) is 1.65. The minimum atomic E-state index is -0.549. The number of amides is 1. The number of nitrogens with one attached hydrogen (secondary N) is 2. The Labute approximate surface area is 194 Å². The first-order valence-corrected chi connectivity index (χ1v) is 10.0. The van der Waals surface area contributed by atoms with Gasteiger partial charge in [-0.1, -0.05) is 42.1 Å². The Balaban J connectivity index is 1.57. The Morgan fingerprint density at radius 3 is 2.56 bits per heavy atom. The van der Waals surface area contributed by atoms with E-state index in [-0.39, 0.29) is 23.9 Å². The lowest BCUT2D eigenvalue weighted by atomic mass is 10.1. The topological polar surface area (TPSA) is 164 Å². The SMILES string of the molecule is C=C(NNC(=O)c1nnn(-c2nonc2N)c1CN(C)c1ccccc1)c1ccc(C#N)cc1. The number of carbonyl (C=O) groups is 1. The quantitative estimate of drug-likeness (QED) is 0.332. The van der Waals surface area contributed by atoms with Crippen molar-refractivity contribution < 1.29 is 9.42 Å². The second-order valence-corrected chi connectivity index (χ2v) is 7.21. The van der Waals surface area contributed by atoms with E-state index in [1.54, 1.807) is 24.3 Å². The summed E-state index contributed by atoms with van der Waals surface area (Å²) in [4.78, 5) is 14.9. The van der Waals surface area contributed by atoms with Crippen LogP contribution in [0.25, 0.3) is 11.5 Å². The van der Waals surface area contributed by atoms with E-state index in [2.05, 4.69) is 42.7 Å². The molecule has 0 saturated carbocycles. The number of anilines is 2. The standard InChI is InChI=1S/C22H20N10O2/c1-14(16-10-8-15(12-23)9-11-16)25-27-22(33)19-18(13-31(2)17-6-4-3-5-7-17)32(30-26-19)21-20(24)28-34-29-21/h3-11,25H,1,13H2,2H3,(H2,24,28)(H,27,33). The Bertz CT molecular complexity index is 1350. The fraction of sp³-hybridized carbons (Fsp3) is 0.0909. The molecule has 4 aromatic rings. The first-order valence-electron chi connectivity index (χ1n) is 10.0. The fourth-order valence-corrected chi connectivity index (χ4v) is 3.14. The molecule has 0 aliphatic rings. The van der Waals surface area contributed by atoms with Crippen LogP contribution in [0.3, 0.4) is 0 Å². The minimum absolute atomic E-state index is 0.00721. The van der Waals surface area contributed by atoms with E-state index < -0.39 is 5.91 Å². The van der Waals surface area contributed by atoms with E-state index in [1.807, 2.05) is 48.3 Å². The number of hydrazine groups is 1. The zero-order valence-corrected chi connectivity index (χ0v) is 18.1. The second kappa shape index (κ2) is 9.53. The van der Waals surface area contributed by atoms with Gasteiger partial charge in [-0.2, -0.15) is 9.94 Å². The molecule has 2 aromatic carbocycles. The van der Waals surface area contributed by atoms with Crippen molar-refractivity contribution in [1.29, 1.82) is 5.26 Å². The van der Waals surface area contributed by atoms with Crippen LogP contribution < -0.4 is 21.5 Å². The zero-order chi connectivity index (χ0) is 24.1. The normalized spacial score (nSPS) is 10.4. The number of rotatable bonds is 8. The van der Waals surface area contributed by atoms with Crippen molar-refractivity contribution in [2.24, 2.45) is 0 Å². The lowest BCUT2D eigenvalue weighted by molar-refractivity contribution is 0.0936. The van der Waals surface area contributed by atoms with Gasteiger partial charge in [-0.05, 0) is 40.1 Å². The molecule has 4 N–H and O–H groups in total. The highest BCUT2D eigenvalue weighted by Crippen LogP contribution is 2.20. The molecule has 170 valence electrons. The smallest absolute Gasteiger partial charge is 0.292 e. The van der Waals surface area contributed by atoms with Crippen molar-refractivity contribution in [3.05, 3.63) is 83.7 Å². The van der Waals surface area contributed by atoms with Crippen LogP contribution in [0, 0.1) is 11.3 Å². The first kappa shape index (κ1) is 22.0. The zero-order valence-electron chi connectivity index (χ0n) is 18.1. The van der Waals surface area contributed by atoms with Gasteiger partial charge >= 0.3 is 0 Å². The van der Waals surface area contributed by atoms with Gasteiger partial charge in [-0.25, -0.2) is 4.63 Å². The molecule has 2 heterocycles. The number of carbonyl (C=O) groups excluding carboxylic acids is 1. The van der Waals surface area contributed by atoms with Crippen LogP contribution in [-0.2, 0) is 6.54 Å². The molecule has 0 aliphatic carbocycles. The van der Waals surface area contributed by atoms with Gasteiger partial charge in [0, 0.05) is 12.7 Å². The highest BCUT2D eigenvalue weighted by molar-refractivity contribution is 5.93.